The average molecular weight is 353 g/mol. The van der Waals surface area contributed by atoms with Gasteiger partial charge in [-0.15, -0.1) is 0 Å². The van der Waals surface area contributed by atoms with Gasteiger partial charge in [-0.3, -0.25) is 0 Å². The number of anilines is 2. The maximum atomic E-state index is 13.0. The first-order chi connectivity index (χ1) is 11.3. The highest BCUT2D eigenvalue weighted by atomic mass is 32.2. The second-order valence-electron chi connectivity index (χ2n) is 4.62. The van der Waals surface area contributed by atoms with Crippen molar-refractivity contribution >= 4 is 34.6 Å². The van der Waals surface area contributed by atoms with Gasteiger partial charge < -0.3 is 11.5 Å². The number of hydrogen-bond acceptors (Lipinski definition) is 8. The van der Waals surface area contributed by atoms with E-state index >= 15 is 0 Å². The van der Waals surface area contributed by atoms with Crippen LogP contribution in [0, 0.1) is 0 Å². The van der Waals surface area contributed by atoms with Crippen molar-refractivity contribution in [1.82, 2.24) is 24.9 Å². The Bertz CT molecular complexity index is 880. The van der Waals surface area contributed by atoms with E-state index in [4.69, 9.17) is 11.5 Å². The molecule has 0 saturated carbocycles. The second kappa shape index (κ2) is 6.07. The van der Waals surface area contributed by atoms with E-state index in [1.165, 1.54) is 6.07 Å². The summed E-state index contributed by atoms with van der Waals surface area (Å²) in [6.07, 6.45) is -4.64. The second-order valence-corrected chi connectivity index (χ2v) is 5.59. The molecule has 4 N–H and O–H groups in total. The minimum absolute atomic E-state index is 0.0540. The van der Waals surface area contributed by atoms with Crippen LogP contribution in [0.15, 0.2) is 29.3 Å². The molecule has 0 spiro atoms. The molecule has 124 valence electrons. The fourth-order valence-electron chi connectivity index (χ4n) is 1.94. The summed E-state index contributed by atoms with van der Waals surface area (Å²) in [6, 6.07) is 6.45. The molecule has 1 aromatic carbocycles. The molecular formula is C13H10F3N7S. The van der Waals surface area contributed by atoms with Crippen molar-refractivity contribution in [2.75, 3.05) is 11.5 Å². The number of para-hydroxylation sites is 1. The van der Waals surface area contributed by atoms with Gasteiger partial charge in [0, 0.05) is 5.39 Å². The van der Waals surface area contributed by atoms with Gasteiger partial charge in [0.1, 0.15) is 10.9 Å². The lowest BCUT2D eigenvalue weighted by molar-refractivity contribution is -0.145. The van der Waals surface area contributed by atoms with Crippen molar-refractivity contribution in [2.45, 2.75) is 17.0 Å². The van der Waals surface area contributed by atoms with Gasteiger partial charge in [0.15, 0.2) is 0 Å². The summed E-state index contributed by atoms with van der Waals surface area (Å²) >= 11 is 1.04. The van der Waals surface area contributed by atoms with E-state index in [1.807, 2.05) is 0 Å². The molecule has 0 saturated heterocycles. The summed E-state index contributed by atoms with van der Waals surface area (Å²) in [7, 11) is 0. The van der Waals surface area contributed by atoms with Crippen LogP contribution >= 0.6 is 11.8 Å². The van der Waals surface area contributed by atoms with E-state index < -0.39 is 12.0 Å². The quantitative estimate of drug-likeness (QED) is 0.544. The average Bonchev–Trinajstić information content (AvgIpc) is 2.50. The van der Waals surface area contributed by atoms with Crippen LogP contribution in [0.3, 0.4) is 0 Å². The first-order valence-electron chi connectivity index (χ1n) is 6.55. The van der Waals surface area contributed by atoms with Crippen LogP contribution in [0.5, 0.6) is 0 Å². The van der Waals surface area contributed by atoms with E-state index in [1.54, 1.807) is 18.2 Å². The minimum atomic E-state index is -4.64. The molecule has 0 bridgehead atoms. The third-order valence-electron chi connectivity index (χ3n) is 2.88. The van der Waals surface area contributed by atoms with Gasteiger partial charge in [0.25, 0.3) is 0 Å². The predicted octanol–water partition coefficient (Wildman–Crippen LogP) is 2.29. The molecule has 7 nitrogen and oxygen atoms in total. The molecule has 0 radical (unpaired) electrons. The summed E-state index contributed by atoms with van der Waals surface area (Å²) in [5.74, 6) is -0.919. The zero-order valence-corrected chi connectivity index (χ0v) is 12.8. The van der Waals surface area contributed by atoms with Gasteiger partial charge >= 0.3 is 6.18 Å². The molecule has 0 aliphatic rings. The van der Waals surface area contributed by atoms with Crippen LogP contribution in [0.25, 0.3) is 10.9 Å². The first-order valence-corrected chi connectivity index (χ1v) is 7.54. The van der Waals surface area contributed by atoms with Gasteiger partial charge in [-0.1, -0.05) is 30.0 Å². The first kappa shape index (κ1) is 16.2. The van der Waals surface area contributed by atoms with E-state index in [0.29, 0.717) is 5.39 Å². The summed E-state index contributed by atoms with van der Waals surface area (Å²) in [5, 5.41) is 0.677. The summed E-state index contributed by atoms with van der Waals surface area (Å²) in [5.41, 5.74) is 11.2. The number of nitrogens with zero attached hydrogens (tertiary/aromatic N) is 5. The molecular weight excluding hydrogens is 343 g/mol. The molecule has 2 aromatic heterocycles. The van der Waals surface area contributed by atoms with Gasteiger partial charge in [0.05, 0.1) is 11.3 Å². The Balaban J connectivity index is 1.98. The smallest absolute Gasteiger partial charge is 0.368 e. The predicted molar refractivity (Wildman–Crippen MR) is 82.8 cm³/mol. The molecule has 0 fully saturated rings. The van der Waals surface area contributed by atoms with Gasteiger partial charge in [-0.2, -0.15) is 28.1 Å². The molecule has 0 aliphatic heterocycles. The number of rotatable bonds is 3. The molecule has 0 unspecified atom stereocenters. The largest absolute Gasteiger partial charge is 0.451 e. The number of nitrogen functional groups attached to an aromatic ring is 2. The van der Waals surface area contributed by atoms with Crippen LogP contribution in [-0.4, -0.2) is 24.9 Å². The van der Waals surface area contributed by atoms with Gasteiger partial charge in [-0.05, 0) is 6.07 Å². The van der Waals surface area contributed by atoms with Crippen LogP contribution in [0.1, 0.15) is 11.6 Å². The van der Waals surface area contributed by atoms with Gasteiger partial charge in [-0.25, -0.2) is 9.97 Å². The Morgan fingerprint density at radius 1 is 0.917 bits per heavy atom. The van der Waals surface area contributed by atoms with Crippen molar-refractivity contribution in [1.29, 1.82) is 0 Å². The Labute approximate surface area is 137 Å². The normalized spacial score (nSPS) is 11.8. The monoisotopic (exact) mass is 353 g/mol. The summed E-state index contributed by atoms with van der Waals surface area (Å²) < 4.78 is 38.9. The molecule has 2 heterocycles. The Kier molecular flexibility index (Phi) is 4.09. The van der Waals surface area contributed by atoms with Crippen molar-refractivity contribution in [3.8, 4) is 0 Å². The van der Waals surface area contributed by atoms with E-state index in [0.717, 1.165) is 11.8 Å². The number of aromatic nitrogens is 5. The zero-order valence-electron chi connectivity index (χ0n) is 11.9. The fraction of sp³-hybridized carbons (Fsp3) is 0.154. The molecule has 3 rings (SSSR count). The van der Waals surface area contributed by atoms with Crippen molar-refractivity contribution < 1.29 is 13.2 Å². The lowest BCUT2D eigenvalue weighted by Gasteiger charge is -2.10. The Morgan fingerprint density at radius 2 is 1.58 bits per heavy atom. The number of hydrogen-bond donors (Lipinski definition) is 2. The standard InChI is InChI=1S/C13H10F3N7S/c14-13(15,16)10-19-7-4-2-1-3-6(7)9(22-10)24-5-8-20-11(17)23-12(18)21-8/h1-4H,5H2,(H4,17,18,20,21,23). The third kappa shape index (κ3) is 3.45. The number of thioether (sulfide) groups is 1. The number of halogens is 3. The Morgan fingerprint density at radius 3 is 2.25 bits per heavy atom. The third-order valence-corrected chi connectivity index (χ3v) is 3.86. The molecule has 11 heteroatoms. The SMILES string of the molecule is Nc1nc(N)nc(CSc2nc(C(F)(F)F)nc3ccccc23)n1. The lowest BCUT2D eigenvalue weighted by Crippen LogP contribution is -2.12. The van der Waals surface area contributed by atoms with Crippen molar-refractivity contribution in [2.24, 2.45) is 0 Å². The molecule has 0 aliphatic carbocycles. The molecule has 3 aromatic rings. The number of alkyl halides is 3. The minimum Gasteiger partial charge on any atom is -0.368 e. The highest BCUT2D eigenvalue weighted by Crippen LogP contribution is 2.32. The fourth-order valence-corrected chi connectivity index (χ4v) is 2.81. The number of benzene rings is 1. The van der Waals surface area contributed by atoms with E-state index in [9.17, 15) is 13.2 Å². The molecule has 0 amide bonds. The van der Waals surface area contributed by atoms with Crippen LogP contribution in [0.4, 0.5) is 25.1 Å². The van der Waals surface area contributed by atoms with Crippen LogP contribution < -0.4 is 11.5 Å². The van der Waals surface area contributed by atoms with Crippen molar-refractivity contribution in [3.05, 3.63) is 35.9 Å². The lowest BCUT2D eigenvalue weighted by atomic mass is 10.2. The maximum absolute atomic E-state index is 13.0. The summed E-state index contributed by atoms with van der Waals surface area (Å²) in [4.78, 5) is 18.6. The summed E-state index contributed by atoms with van der Waals surface area (Å²) in [6.45, 7) is 0. The van der Waals surface area contributed by atoms with E-state index in [-0.39, 0.29) is 34.0 Å². The van der Waals surface area contributed by atoms with E-state index in [2.05, 4.69) is 24.9 Å². The Hall–Kier alpha value is -2.69. The highest BCUT2D eigenvalue weighted by Gasteiger charge is 2.35. The topological polar surface area (TPSA) is 116 Å². The van der Waals surface area contributed by atoms with Crippen LogP contribution in [0.2, 0.25) is 0 Å². The maximum Gasteiger partial charge on any atom is 0.451 e. The van der Waals surface area contributed by atoms with Crippen molar-refractivity contribution in [3.63, 3.8) is 0 Å². The van der Waals surface area contributed by atoms with Gasteiger partial charge in [0.2, 0.25) is 17.7 Å². The molecule has 0 atom stereocenters. The number of nitrogens with two attached hydrogens (primary N) is 2. The number of fused-ring (bicyclic) bond motifs is 1. The van der Waals surface area contributed by atoms with Crippen LogP contribution in [-0.2, 0) is 11.9 Å². The molecule has 24 heavy (non-hydrogen) atoms. The zero-order chi connectivity index (χ0) is 17.3. The highest BCUT2D eigenvalue weighted by molar-refractivity contribution is 7.98.